The number of fused-ring (bicyclic) bond motifs is 1. The molecular weight excluding hydrogens is 403 g/mol. The fourth-order valence-electron chi connectivity index (χ4n) is 2.64. The highest BCUT2D eigenvalue weighted by molar-refractivity contribution is 7.90. The summed E-state index contributed by atoms with van der Waals surface area (Å²) >= 11 is 1.17. The summed E-state index contributed by atoms with van der Waals surface area (Å²) in [5.41, 5.74) is 2.76. The number of hydrogen-bond donors (Lipinski definition) is 0. The van der Waals surface area contributed by atoms with Gasteiger partial charge in [0.05, 0.1) is 21.7 Å². The van der Waals surface area contributed by atoms with Gasteiger partial charge in [0, 0.05) is 0 Å². The van der Waals surface area contributed by atoms with Gasteiger partial charge in [0.15, 0.2) is 0 Å². The Morgan fingerprint density at radius 1 is 1.18 bits per heavy atom. The van der Waals surface area contributed by atoms with E-state index in [2.05, 4.69) is 4.40 Å². The maximum atomic E-state index is 13.1. The van der Waals surface area contributed by atoms with Crippen LogP contribution < -0.4 is 4.80 Å². The predicted molar refractivity (Wildman–Crippen MR) is 105 cm³/mol. The second kappa shape index (κ2) is 7.84. The highest BCUT2D eigenvalue weighted by Gasteiger charge is 2.17. The van der Waals surface area contributed by atoms with Crippen molar-refractivity contribution in [2.45, 2.75) is 32.2 Å². The molecule has 0 saturated carbocycles. The average Bonchev–Trinajstić information content (AvgIpc) is 2.92. The number of thiazole rings is 1. The lowest BCUT2D eigenvalue weighted by Crippen LogP contribution is -2.23. The number of ether oxygens (including phenoxy) is 1. The van der Waals surface area contributed by atoms with E-state index in [1.54, 1.807) is 6.92 Å². The van der Waals surface area contributed by atoms with Crippen LogP contribution in [0.15, 0.2) is 45.7 Å². The van der Waals surface area contributed by atoms with Crippen LogP contribution in [0.3, 0.4) is 0 Å². The molecule has 1 heterocycles. The standard InChI is InChI=1S/C19H19FN2O4S2/c1-4-26-18(23)11-22-16-9-12(2)13(3)10-17(16)27-19(22)21-28(24,25)15-7-5-14(20)6-8-15/h5-10H,4,11H2,1-3H3. The highest BCUT2D eigenvalue weighted by atomic mass is 32.2. The Labute approximate surface area is 166 Å². The van der Waals surface area contributed by atoms with Crippen LogP contribution in [0.5, 0.6) is 0 Å². The third-order valence-corrected chi connectivity index (χ3v) is 6.64. The van der Waals surface area contributed by atoms with Gasteiger partial charge < -0.3 is 9.30 Å². The minimum atomic E-state index is -4.07. The molecule has 0 aliphatic heterocycles. The van der Waals surface area contributed by atoms with Crippen molar-refractivity contribution in [2.24, 2.45) is 4.40 Å². The summed E-state index contributed by atoms with van der Waals surface area (Å²) < 4.78 is 49.7. The molecule has 148 valence electrons. The van der Waals surface area contributed by atoms with E-state index in [0.29, 0.717) is 5.52 Å². The number of aromatic nitrogens is 1. The molecule has 1 aromatic heterocycles. The minimum absolute atomic E-state index is 0.124. The fourth-order valence-corrected chi connectivity index (χ4v) is 4.95. The summed E-state index contributed by atoms with van der Waals surface area (Å²) in [6.45, 7) is 5.66. The van der Waals surface area contributed by atoms with E-state index >= 15 is 0 Å². The molecule has 6 nitrogen and oxygen atoms in total. The molecule has 0 amide bonds. The Balaban J connectivity index is 2.22. The normalized spacial score (nSPS) is 12.5. The van der Waals surface area contributed by atoms with Crippen LogP contribution in [0.25, 0.3) is 10.2 Å². The maximum Gasteiger partial charge on any atom is 0.326 e. The van der Waals surface area contributed by atoms with Gasteiger partial charge in [0.2, 0.25) is 4.80 Å². The van der Waals surface area contributed by atoms with Crippen molar-refractivity contribution in [3.05, 3.63) is 58.1 Å². The van der Waals surface area contributed by atoms with E-state index in [9.17, 15) is 17.6 Å². The van der Waals surface area contributed by atoms with Crippen molar-refractivity contribution in [3.8, 4) is 0 Å². The van der Waals surface area contributed by atoms with Crippen LogP contribution in [-0.2, 0) is 26.1 Å². The van der Waals surface area contributed by atoms with Gasteiger partial charge in [-0.25, -0.2) is 4.39 Å². The first-order chi connectivity index (χ1) is 13.2. The second-order valence-corrected chi connectivity index (χ2v) is 8.81. The Kier molecular flexibility index (Phi) is 5.66. The molecule has 0 aliphatic rings. The van der Waals surface area contributed by atoms with Gasteiger partial charge in [-0.3, -0.25) is 4.79 Å². The SMILES string of the molecule is CCOC(=O)Cn1c(=NS(=O)(=O)c2ccc(F)cc2)sc2cc(C)c(C)cc21. The molecule has 0 spiro atoms. The van der Waals surface area contributed by atoms with Crippen molar-refractivity contribution in [2.75, 3.05) is 6.61 Å². The zero-order valence-electron chi connectivity index (χ0n) is 15.6. The second-order valence-electron chi connectivity index (χ2n) is 6.20. The smallest absolute Gasteiger partial charge is 0.326 e. The van der Waals surface area contributed by atoms with Gasteiger partial charge in [-0.15, -0.1) is 4.40 Å². The lowest BCUT2D eigenvalue weighted by Gasteiger charge is -2.07. The average molecular weight is 423 g/mol. The van der Waals surface area contributed by atoms with Gasteiger partial charge in [-0.2, -0.15) is 8.42 Å². The molecule has 0 unspecified atom stereocenters. The minimum Gasteiger partial charge on any atom is -0.465 e. The molecule has 0 N–H and O–H groups in total. The van der Waals surface area contributed by atoms with Crippen molar-refractivity contribution in [1.29, 1.82) is 0 Å². The Morgan fingerprint density at radius 3 is 2.46 bits per heavy atom. The third-order valence-electron chi connectivity index (χ3n) is 4.20. The molecule has 0 radical (unpaired) electrons. The molecular formula is C19H19FN2O4S2. The molecule has 0 fully saturated rings. The summed E-state index contributed by atoms with van der Waals surface area (Å²) in [6.07, 6.45) is 0. The summed E-state index contributed by atoms with van der Waals surface area (Å²) in [5, 5.41) is 0. The monoisotopic (exact) mass is 422 g/mol. The van der Waals surface area contributed by atoms with Gasteiger partial charge in [-0.1, -0.05) is 11.3 Å². The Hall–Kier alpha value is -2.52. The molecule has 0 saturated heterocycles. The molecule has 0 aliphatic carbocycles. The maximum absolute atomic E-state index is 13.1. The first-order valence-corrected chi connectivity index (χ1v) is 10.8. The summed E-state index contributed by atoms with van der Waals surface area (Å²) in [5.74, 6) is -1.02. The van der Waals surface area contributed by atoms with Crippen LogP contribution in [0.1, 0.15) is 18.1 Å². The quantitative estimate of drug-likeness (QED) is 0.591. The van der Waals surface area contributed by atoms with Crippen molar-refractivity contribution in [3.63, 3.8) is 0 Å². The Morgan fingerprint density at radius 2 is 1.82 bits per heavy atom. The highest BCUT2D eigenvalue weighted by Crippen LogP contribution is 2.23. The summed E-state index contributed by atoms with van der Waals surface area (Å²) in [7, 11) is -4.07. The fraction of sp³-hybridized carbons (Fsp3) is 0.263. The van der Waals surface area contributed by atoms with E-state index in [1.165, 1.54) is 15.9 Å². The van der Waals surface area contributed by atoms with E-state index in [-0.39, 0.29) is 22.8 Å². The number of esters is 1. The van der Waals surface area contributed by atoms with Crippen LogP contribution in [0.4, 0.5) is 4.39 Å². The lowest BCUT2D eigenvalue weighted by atomic mass is 10.1. The zero-order valence-corrected chi connectivity index (χ0v) is 17.2. The molecule has 3 aromatic rings. The van der Waals surface area contributed by atoms with Crippen LogP contribution >= 0.6 is 11.3 Å². The first kappa shape index (κ1) is 20.2. The Bertz CT molecular complexity index is 1210. The van der Waals surface area contributed by atoms with Gasteiger partial charge in [0.1, 0.15) is 12.4 Å². The van der Waals surface area contributed by atoms with Crippen molar-refractivity contribution >= 4 is 37.5 Å². The zero-order chi connectivity index (χ0) is 20.5. The van der Waals surface area contributed by atoms with E-state index in [4.69, 9.17) is 4.74 Å². The largest absolute Gasteiger partial charge is 0.465 e. The molecule has 3 rings (SSSR count). The number of carbonyl (C=O) groups is 1. The number of sulfonamides is 1. The van der Waals surface area contributed by atoms with Crippen molar-refractivity contribution < 1.29 is 22.3 Å². The number of hydrogen-bond acceptors (Lipinski definition) is 5. The summed E-state index contributed by atoms with van der Waals surface area (Å²) in [6, 6.07) is 8.26. The van der Waals surface area contributed by atoms with Gasteiger partial charge in [-0.05, 0) is 68.3 Å². The molecule has 9 heteroatoms. The number of carbonyl (C=O) groups excluding carboxylic acids is 1. The first-order valence-electron chi connectivity index (χ1n) is 8.54. The number of halogens is 1. The molecule has 28 heavy (non-hydrogen) atoms. The van der Waals surface area contributed by atoms with Crippen LogP contribution in [0.2, 0.25) is 0 Å². The topological polar surface area (TPSA) is 77.7 Å². The van der Waals surface area contributed by atoms with Gasteiger partial charge in [0.25, 0.3) is 10.0 Å². The number of rotatable bonds is 5. The molecule has 0 atom stereocenters. The third kappa shape index (κ3) is 4.15. The molecule has 0 bridgehead atoms. The van der Waals surface area contributed by atoms with E-state index in [0.717, 1.165) is 40.1 Å². The van der Waals surface area contributed by atoms with Crippen molar-refractivity contribution in [1.82, 2.24) is 4.57 Å². The van der Waals surface area contributed by atoms with Crippen LogP contribution in [0, 0.1) is 19.7 Å². The number of nitrogens with zero attached hydrogens (tertiary/aromatic N) is 2. The number of aryl methyl sites for hydroxylation is 2. The van der Waals surface area contributed by atoms with Gasteiger partial charge >= 0.3 is 5.97 Å². The number of benzene rings is 2. The predicted octanol–water partition coefficient (Wildman–Crippen LogP) is 3.31. The van der Waals surface area contributed by atoms with E-state index in [1.807, 2.05) is 26.0 Å². The summed E-state index contributed by atoms with van der Waals surface area (Å²) in [4.78, 5) is 12.1. The lowest BCUT2D eigenvalue weighted by molar-refractivity contribution is -0.143. The van der Waals surface area contributed by atoms with Crippen LogP contribution in [-0.4, -0.2) is 25.6 Å². The molecule has 2 aromatic carbocycles. The van der Waals surface area contributed by atoms with E-state index < -0.39 is 21.8 Å².